The smallest absolute Gasteiger partial charge is 0.335 e. The number of carbonyl (C=O) groups is 2. The van der Waals surface area contributed by atoms with Crippen molar-refractivity contribution in [2.45, 2.75) is 18.2 Å². The maximum Gasteiger partial charge on any atom is 0.335 e. The molecule has 2 rings (SSSR count). The lowest BCUT2D eigenvalue weighted by Gasteiger charge is -2.16. The third-order valence-electron chi connectivity index (χ3n) is 2.70. The lowest BCUT2D eigenvalue weighted by molar-refractivity contribution is -0.144. The standard InChI is InChI=1S/C12H10Cl2O3/c1-2-17-11(16)12(14)6-7-5-8(13)3-4-9(7)10(12)15/h3-5H,2,6H2,1H3. The van der Waals surface area contributed by atoms with Crippen molar-refractivity contribution in [1.82, 2.24) is 0 Å². The van der Waals surface area contributed by atoms with Crippen LogP contribution in [0.3, 0.4) is 0 Å². The van der Waals surface area contributed by atoms with Gasteiger partial charge in [0, 0.05) is 17.0 Å². The van der Waals surface area contributed by atoms with Crippen molar-refractivity contribution < 1.29 is 14.3 Å². The average molecular weight is 273 g/mol. The molecule has 3 nitrogen and oxygen atoms in total. The van der Waals surface area contributed by atoms with E-state index in [-0.39, 0.29) is 13.0 Å². The molecule has 5 heteroatoms. The number of hydrogen-bond acceptors (Lipinski definition) is 3. The van der Waals surface area contributed by atoms with Gasteiger partial charge in [-0.15, -0.1) is 0 Å². The van der Waals surface area contributed by atoms with Crippen molar-refractivity contribution in [2.75, 3.05) is 6.61 Å². The van der Waals surface area contributed by atoms with Crippen LogP contribution in [0.25, 0.3) is 0 Å². The Morgan fingerprint density at radius 2 is 2.24 bits per heavy atom. The fourth-order valence-electron chi connectivity index (χ4n) is 1.90. The van der Waals surface area contributed by atoms with Crippen LogP contribution in [0, 0.1) is 0 Å². The first-order valence-electron chi connectivity index (χ1n) is 5.18. The van der Waals surface area contributed by atoms with Crippen LogP contribution >= 0.6 is 23.2 Å². The molecule has 17 heavy (non-hydrogen) atoms. The second kappa shape index (κ2) is 4.31. The first-order chi connectivity index (χ1) is 7.99. The van der Waals surface area contributed by atoms with E-state index in [9.17, 15) is 9.59 Å². The molecule has 1 aliphatic rings. The van der Waals surface area contributed by atoms with E-state index >= 15 is 0 Å². The molecule has 0 bridgehead atoms. The number of alkyl halides is 1. The Kier molecular flexibility index (Phi) is 3.15. The quantitative estimate of drug-likeness (QED) is 0.472. The summed E-state index contributed by atoms with van der Waals surface area (Å²) in [5.74, 6) is -1.11. The van der Waals surface area contributed by atoms with Crippen LogP contribution in [0.5, 0.6) is 0 Å². The van der Waals surface area contributed by atoms with Crippen molar-refractivity contribution in [3.05, 3.63) is 34.3 Å². The molecule has 0 saturated heterocycles. The van der Waals surface area contributed by atoms with Gasteiger partial charge in [-0.1, -0.05) is 23.2 Å². The van der Waals surface area contributed by atoms with Gasteiger partial charge in [0.15, 0.2) is 5.78 Å². The van der Waals surface area contributed by atoms with Crippen LogP contribution in [0.15, 0.2) is 18.2 Å². The number of Topliss-reactive ketones (excluding diaryl/α,β-unsaturated/α-hetero) is 1. The summed E-state index contributed by atoms with van der Waals surface area (Å²) in [5.41, 5.74) is 1.13. The zero-order valence-electron chi connectivity index (χ0n) is 9.13. The Morgan fingerprint density at radius 3 is 2.88 bits per heavy atom. The molecule has 0 spiro atoms. The molecule has 90 valence electrons. The van der Waals surface area contributed by atoms with Gasteiger partial charge in [0.25, 0.3) is 0 Å². The highest BCUT2D eigenvalue weighted by Crippen LogP contribution is 2.37. The van der Waals surface area contributed by atoms with Crippen molar-refractivity contribution in [1.29, 1.82) is 0 Å². The van der Waals surface area contributed by atoms with Gasteiger partial charge in [-0.05, 0) is 30.7 Å². The molecular weight excluding hydrogens is 263 g/mol. The number of benzene rings is 1. The SMILES string of the molecule is CCOC(=O)C1(Cl)Cc2cc(Cl)ccc2C1=O. The van der Waals surface area contributed by atoms with Crippen molar-refractivity contribution >= 4 is 35.0 Å². The van der Waals surface area contributed by atoms with Gasteiger partial charge >= 0.3 is 5.97 Å². The second-order valence-electron chi connectivity index (χ2n) is 3.83. The van der Waals surface area contributed by atoms with Gasteiger partial charge in [-0.25, -0.2) is 4.79 Å². The fraction of sp³-hybridized carbons (Fsp3) is 0.333. The second-order valence-corrected chi connectivity index (χ2v) is 4.91. The van der Waals surface area contributed by atoms with E-state index in [1.54, 1.807) is 25.1 Å². The molecule has 0 fully saturated rings. The topological polar surface area (TPSA) is 43.4 Å². The third-order valence-corrected chi connectivity index (χ3v) is 3.40. The van der Waals surface area contributed by atoms with Crippen LogP contribution < -0.4 is 0 Å². The summed E-state index contributed by atoms with van der Waals surface area (Å²) in [7, 11) is 0. The van der Waals surface area contributed by atoms with Crippen molar-refractivity contribution in [3.8, 4) is 0 Å². The number of ether oxygens (including phenoxy) is 1. The van der Waals surface area contributed by atoms with Gasteiger partial charge in [0.05, 0.1) is 6.61 Å². The Bertz CT molecular complexity index is 499. The average Bonchev–Trinajstić information content (AvgIpc) is 2.52. The molecule has 0 saturated carbocycles. The number of carbonyl (C=O) groups excluding carboxylic acids is 2. The van der Waals surface area contributed by atoms with Crippen molar-refractivity contribution in [3.63, 3.8) is 0 Å². The predicted molar refractivity (Wildman–Crippen MR) is 64.7 cm³/mol. The van der Waals surface area contributed by atoms with Gasteiger partial charge < -0.3 is 4.74 Å². The summed E-state index contributed by atoms with van der Waals surface area (Å²) in [6.07, 6.45) is 0.127. The molecule has 0 heterocycles. The fourth-order valence-corrected chi connectivity index (χ4v) is 2.39. The minimum absolute atomic E-state index is 0.127. The molecule has 0 radical (unpaired) electrons. The van der Waals surface area contributed by atoms with E-state index < -0.39 is 16.6 Å². The summed E-state index contributed by atoms with van der Waals surface area (Å²) < 4.78 is 4.84. The predicted octanol–water partition coefficient (Wildman–Crippen LogP) is 2.62. The lowest BCUT2D eigenvalue weighted by Crippen LogP contribution is -2.40. The van der Waals surface area contributed by atoms with Crippen molar-refractivity contribution in [2.24, 2.45) is 0 Å². The number of rotatable bonds is 2. The summed E-state index contributed by atoms with van der Waals surface area (Å²) in [4.78, 5) is 22.2. The van der Waals surface area contributed by atoms with Crippen LogP contribution in [-0.4, -0.2) is 23.2 Å². The molecule has 1 aliphatic carbocycles. The Hall–Kier alpha value is -1.06. The highest BCUT2D eigenvalue weighted by Gasteiger charge is 2.51. The monoisotopic (exact) mass is 272 g/mol. The van der Waals surface area contributed by atoms with Gasteiger partial charge in [0.2, 0.25) is 4.87 Å². The maximum atomic E-state index is 12.1. The molecule has 0 amide bonds. The van der Waals surface area contributed by atoms with Gasteiger partial charge in [-0.3, -0.25) is 4.79 Å². The summed E-state index contributed by atoms with van der Waals surface area (Å²) in [6.45, 7) is 1.86. The molecule has 0 N–H and O–H groups in total. The van der Waals surface area contributed by atoms with Crippen LogP contribution in [0.4, 0.5) is 0 Å². The zero-order chi connectivity index (χ0) is 12.6. The molecule has 1 aromatic rings. The van der Waals surface area contributed by atoms with Crippen LogP contribution in [0.1, 0.15) is 22.8 Å². The van der Waals surface area contributed by atoms with Gasteiger partial charge in [-0.2, -0.15) is 0 Å². The molecule has 1 aromatic carbocycles. The van der Waals surface area contributed by atoms with Gasteiger partial charge in [0.1, 0.15) is 0 Å². The molecule has 1 atom stereocenters. The largest absolute Gasteiger partial charge is 0.464 e. The summed E-state index contributed by atoms with van der Waals surface area (Å²) in [6, 6.07) is 4.84. The van der Waals surface area contributed by atoms with E-state index in [1.165, 1.54) is 0 Å². The highest BCUT2D eigenvalue weighted by molar-refractivity contribution is 6.49. The van der Waals surface area contributed by atoms with Crippen LogP contribution in [0.2, 0.25) is 5.02 Å². The summed E-state index contributed by atoms with van der Waals surface area (Å²) >= 11 is 11.9. The summed E-state index contributed by atoms with van der Waals surface area (Å²) in [5, 5.41) is 0.515. The normalized spacial score (nSPS) is 22.4. The van der Waals surface area contributed by atoms with Crippen LogP contribution in [-0.2, 0) is 16.0 Å². The molecule has 1 unspecified atom stereocenters. The number of ketones is 1. The zero-order valence-corrected chi connectivity index (χ0v) is 10.6. The number of halogens is 2. The number of esters is 1. The van der Waals surface area contributed by atoms with E-state index in [1.807, 2.05) is 0 Å². The van der Waals surface area contributed by atoms with E-state index in [0.29, 0.717) is 16.1 Å². The Morgan fingerprint density at radius 1 is 1.53 bits per heavy atom. The highest BCUT2D eigenvalue weighted by atomic mass is 35.5. The molecular formula is C12H10Cl2O3. The third kappa shape index (κ3) is 1.94. The molecule has 0 aromatic heterocycles. The number of fused-ring (bicyclic) bond motifs is 1. The minimum Gasteiger partial charge on any atom is -0.464 e. The lowest BCUT2D eigenvalue weighted by atomic mass is 10.0. The Balaban J connectivity index is 2.39. The first-order valence-corrected chi connectivity index (χ1v) is 5.94. The molecule has 0 aliphatic heterocycles. The van der Waals surface area contributed by atoms with E-state index in [4.69, 9.17) is 27.9 Å². The Labute approximate surface area is 109 Å². The van der Waals surface area contributed by atoms with E-state index in [0.717, 1.165) is 0 Å². The first kappa shape index (κ1) is 12.4. The number of hydrogen-bond donors (Lipinski definition) is 0. The maximum absolute atomic E-state index is 12.1. The van der Waals surface area contributed by atoms with E-state index in [2.05, 4.69) is 0 Å². The minimum atomic E-state index is -1.62.